The van der Waals surface area contributed by atoms with Gasteiger partial charge in [-0.25, -0.2) is 0 Å². The van der Waals surface area contributed by atoms with Gasteiger partial charge < -0.3 is 5.32 Å². The van der Waals surface area contributed by atoms with E-state index in [0.29, 0.717) is 0 Å². The highest BCUT2D eigenvalue weighted by atomic mass is 32.2. The summed E-state index contributed by atoms with van der Waals surface area (Å²) in [4.78, 5) is 8.98. The van der Waals surface area contributed by atoms with Crippen molar-refractivity contribution in [2.75, 3.05) is 7.05 Å². The molecule has 0 aliphatic rings. The number of non-ortho nitro benzene ring substituents is 1. The highest BCUT2D eigenvalue weighted by Gasteiger charge is 2.13. The highest BCUT2D eigenvalue weighted by Crippen LogP contribution is 2.16. The van der Waals surface area contributed by atoms with Crippen molar-refractivity contribution in [3.05, 3.63) is 70.3 Å². The summed E-state index contributed by atoms with van der Waals surface area (Å²) >= 11 is 0. The summed E-state index contributed by atoms with van der Waals surface area (Å²) in [5.41, 5.74) is 0.954. The zero-order chi connectivity index (χ0) is 16.6. The van der Waals surface area contributed by atoms with Crippen LogP contribution in [0, 0.1) is 10.1 Å². The fraction of sp³-hybridized carbons (Fsp3) is 0.143. The van der Waals surface area contributed by atoms with E-state index in [2.05, 4.69) is 17.4 Å². The van der Waals surface area contributed by atoms with Crippen LogP contribution in [0.3, 0.4) is 0 Å². The molecule has 0 aromatic heterocycles. The minimum absolute atomic E-state index is 0.380. The van der Waals surface area contributed by atoms with Crippen molar-refractivity contribution in [3.8, 4) is 0 Å². The Morgan fingerprint density at radius 2 is 1.77 bits per heavy atom. The number of hydrogen-bond acceptors (Lipinski definition) is 5. The topological polar surface area (TPSA) is 110 Å². The van der Waals surface area contributed by atoms with Crippen LogP contribution < -0.4 is 5.32 Å². The Kier molecular flexibility index (Phi) is 6.64. The molecule has 118 valence electrons. The maximum atomic E-state index is 10.5. The highest BCUT2D eigenvalue weighted by molar-refractivity contribution is 7.85. The molecular weight excluding hydrogens is 308 g/mol. The van der Waals surface area contributed by atoms with E-state index in [1.807, 2.05) is 25.2 Å². The fourth-order valence-electron chi connectivity index (χ4n) is 1.56. The molecule has 7 nitrogen and oxygen atoms in total. The third-order valence-electron chi connectivity index (χ3n) is 2.55. The number of nitro benzene ring substituents is 1. The van der Waals surface area contributed by atoms with Crippen molar-refractivity contribution in [2.24, 2.45) is 0 Å². The van der Waals surface area contributed by atoms with Crippen LogP contribution >= 0.6 is 0 Å². The van der Waals surface area contributed by atoms with Gasteiger partial charge in [-0.3, -0.25) is 14.7 Å². The van der Waals surface area contributed by atoms with E-state index in [1.54, 1.807) is 0 Å². The number of hydrogen-bond donors (Lipinski definition) is 2. The monoisotopic (exact) mass is 324 g/mol. The first kappa shape index (κ1) is 17.8. The Bertz CT molecular complexity index is 717. The molecule has 0 fully saturated rings. The lowest BCUT2D eigenvalue weighted by Crippen LogP contribution is -2.04. The van der Waals surface area contributed by atoms with Crippen molar-refractivity contribution < 1.29 is 17.9 Å². The molecule has 0 atom stereocenters. The van der Waals surface area contributed by atoms with E-state index in [1.165, 1.54) is 11.6 Å². The molecule has 2 rings (SSSR count). The van der Waals surface area contributed by atoms with E-state index < -0.39 is 19.9 Å². The van der Waals surface area contributed by atoms with E-state index in [0.717, 1.165) is 24.7 Å². The number of nitrogens with zero attached hydrogens (tertiary/aromatic N) is 1. The van der Waals surface area contributed by atoms with Gasteiger partial charge in [0.1, 0.15) is 4.90 Å². The fourth-order valence-corrected chi connectivity index (χ4v) is 2.08. The lowest BCUT2D eigenvalue weighted by atomic mass is 10.2. The molecule has 0 bridgehead atoms. The molecule has 2 aromatic rings. The number of nitro groups is 1. The van der Waals surface area contributed by atoms with Gasteiger partial charge in [-0.2, -0.15) is 8.42 Å². The number of benzene rings is 2. The van der Waals surface area contributed by atoms with E-state index in [4.69, 9.17) is 4.55 Å². The van der Waals surface area contributed by atoms with Gasteiger partial charge >= 0.3 is 0 Å². The first-order valence-electron chi connectivity index (χ1n) is 6.25. The Labute approximate surface area is 128 Å². The average Bonchev–Trinajstić information content (AvgIpc) is 2.48. The van der Waals surface area contributed by atoms with Crippen LogP contribution in [0.2, 0.25) is 0 Å². The molecular formula is C14H16N2O5S. The van der Waals surface area contributed by atoms with Crippen LogP contribution in [0.5, 0.6) is 0 Å². The van der Waals surface area contributed by atoms with E-state index in [9.17, 15) is 18.5 Å². The van der Waals surface area contributed by atoms with Crippen LogP contribution in [-0.2, 0) is 16.7 Å². The first-order valence-corrected chi connectivity index (χ1v) is 7.69. The average molecular weight is 324 g/mol. The van der Waals surface area contributed by atoms with E-state index in [-0.39, 0.29) is 5.69 Å². The summed E-state index contributed by atoms with van der Waals surface area (Å²) in [5, 5.41) is 13.3. The molecule has 0 amide bonds. The Balaban J connectivity index is 0.000000235. The minimum Gasteiger partial charge on any atom is -0.316 e. The maximum absolute atomic E-state index is 10.5. The minimum atomic E-state index is -4.36. The third-order valence-corrected chi connectivity index (χ3v) is 3.40. The standard InChI is InChI=1S/C8H11N.C6H5NO5S/c1-9-7-8-5-3-2-4-6-8;8-7(9)5-2-1-3-6(4-5)13(10,11)12/h2-6,9H,7H2,1H3;1-4H,(H,10,11,12). The van der Waals surface area contributed by atoms with Gasteiger partial charge in [-0.1, -0.05) is 36.4 Å². The van der Waals surface area contributed by atoms with Crippen LogP contribution in [-0.4, -0.2) is 24.9 Å². The molecule has 0 aliphatic heterocycles. The first-order chi connectivity index (χ1) is 10.3. The Morgan fingerprint density at radius 1 is 1.14 bits per heavy atom. The lowest BCUT2D eigenvalue weighted by Gasteiger charge is -1.95. The second kappa shape index (κ2) is 8.23. The second-order valence-electron chi connectivity index (χ2n) is 4.25. The summed E-state index contributed by atoms with van der Waals surface area (Å²) in [6, 6.07) is 14.5. The van der Waals surface area contributed by atoms with Crippen molar-refractivity contribution in [3.63, 3.8) is 0 Å². The summed E-state index contributed by atoms with van der Waals surface area (Å²) in [6.07, 6.45) is 0. The summed E-state index contributed by atoms with van der Waals surface area (Å²) in [7, 11) is -2.41. The second-order valence-corrected chi connectivity index (χ2v) is 5.67. The molecule has 2 aromatic carbocycles. The molecule has 0 spiro atoms. The molecule has 0 aliphatic carbocycles. The molecule has 8 heteroatoms. The van der Waals surface area contributed by atoms with Gasteiger partial charge in [0.2, 0.25) is 0 Å². The van der Waals surface area contributed by atoms with Crippen LogP contribution in [0.1, 0.15) is 5.56 Å². The van der Waals surface area contributed by atoms with Gasteiger partial charge in [-0.05, 0) is 18.7 Å². The van der Waals surface area contributed by atoms with Crippen LogP contribution in [0.25, 0.3) is 0 Å². The Hall–Kier alpha value is -2.29. The number of nitrogens with one attached hydrogen (secondary N) is 1. The van der Waals surface area contributed by atoms with Gasteiger partial charge in [0.05, 0.1) is 4.92 Å². The van der Waals surface area contributed by atoms with Crippen LogP contribution in [0.4, 0.5) is 5.69 Å². The zero-order valence-electron chi connectivity index (χ0n) is 11.8. The largest absolute Gasteiger partial charge is 0.316 e. The maximum Gasteiger partial charge on any atom is 0.294 e. The van der Waals surface area contributed by atoms with Crippen molar-refractivity contribution >= 4 is 15.8 Å². The molecule has 0 radical (unpaired) electrons. The molecule has 0 saturated carbocycles. The molecule has 2 N–H and O–H groups in total. The Morgan fingerprint density at radius 3 is 2.27 bits per heavy atom. The normalized spacial score (nSPS) is 10.5. The summed E-state index contributed by atoms with van der Waals surface area (Å²) in [6.45, 7) is 0.959. The van der Waals surface area contributed by atoms with Gasteiger partial charge in [0.15, 0.2) is 0 Å². The predicted octanol–water partition coefficient (Wildman–Crippen LogP) is 2.25. The quantitative estimate of drug-likeness (QED) is 0.507. The van der Waals surface area contributed by atoms with Crippen LogP contribution in [0.15, 0.2) is 59.5 Å². The zero-order valence-corrected chi connectivity index (χ0v) is 12.7. The third kappa shape index (κ3) is 6.00. The number of rotatable bonds is 4. The van der Waals surface area contributed by atoms with Gasteiger partial charge in [0.25, 0.3) is 15.8 Å². The smallest absolute Gasteiger partial charge is 0.294 e. The summed E-state index contributed by atoms with van der Waals surface area (Å²) in [5.74, 6) is 0. The van der Waals surface area contributed by atoms with Gasteiger partial charge in [-0.15, -0.1) is 0 Å². The van der Waals surface area contributed by atoms with Gasteiger partial charge in [0, 0.05) is 18.7 Å². The molecule has 0 saturated heterocycles. The molecule has 0 heterocycles. The SMILES string of the molecule is CNCc1ccccc1.O=[N+]([O-])c1cccc(S(=O)(=O)O)c1. The van der Waals surface area contributed by atoms with E-state index >= 15 is 0 Å². The van der Waals surface area contributed by atoms with Crippen molar-refractivity contribution in [1.82, 2.24) is 5.32 Å². The predicted molar refractivity (Wildman–Crippen MR) is 82.1 cm³/mol. The molecule has 0 unspecified atom stereocenters. The molecule has 22 heavy (non-hydrogen) atoms. The summed E-state index contributed by atoms with van der Waals surface area (Å²) < 4.78 is 29.6. The lowest BCUT2D eigenvalue weighted by molar-refractivity contribution is -0.385. The van der Waals surface area contributed by atoms with Crippen molar-refractivity contribution in [1.29, 1.82) is 0 Å². The van der Waals surface area contributed by atoms with Crippen molar-refractivity contribution in [2.45, 2.75) is 11.4 Å².